The third-order valence-electron chi connectivity index (χ3n) is 4.48. The molecule has 1 aliphatic heterocycles. The molecule has 3 rings (SSSR count). The number of hydrogen-bond acceptors (Lipinski definition) is 6. The number of carbonyl (C=O) groups is 1. The van der Waals surface area contributed by atoms with Crippen molar-refractivity contribution in [2.75, 3.05) is 6.61 Å². The lowest BCUT2D eigenvalue weighted by molar-refractivity contribution is -0.130. The lowest BCUT2D eigenvalue weighted by Gasteiger charge is -2.27. The van der Waals surface area contributed by atoms with Crippen LogP contribution in [0.2, 0.25) is 0 Å². The summed E-state index contributed by atoms with van der Waals surface area (Å²) in [5.41, 5.74) is 4.44. The summed E-state index contributed by atoms with van der Waals surface area (Å²) in [5.74, 6) is 0.493. The maximum Gasteiger partial charge on any atom is 0.284 e. The Labute approximate surface area is 163 Å². The van der Waals surface area contributed by atoms with E-state index in [2.05, 4.69) is 31.3 Å². The van der Waals surface area contributed by atoms with Crippen LogP contribution in [-0.2, 0) is 10.2 Å². The zero-order valence-corrected chi connectivity index (χ0v) is 16.3. The van der Waals surface area contributed by atoms with E-state index < -0.39 is 12.0 Å². The first-order valence-electron chi connectivity index (χ1n) is 8.94. The number of ether oxygens (including phenoxy) is 2. The van der Waals surface area contributed by atoms with Crippen molar-refractivity contribution in [3.05, 3.63) is 47.0 Å². The minimum atomic E-state index is -0.839. The van der Waals surface area contributed by atoms with Gasteiger partial charge >= 0.3 is 0 Å². The lowest BCUT2D eigenvalue weighted by atomic mass is 9.87. The summed E-state index contributed by atoms with van der Waals surface area (Å²) in [6.45, 7) is 8.07. The highest BCUT2D eigenvalue weighted by molar-refractivity contribution is 5.88. The van der Waals surface area contributed by atoms with Gasteiger partial charge in [-0.25, -0.2) is 5.43 Å². The van der Waals surface area contributed by atoms with Crippen molar-refractivity contribution < 1.29 is 24.5 Å². The van der Waals surface area contributed by atoms with E-state index in [1.165, 1.54) is 18.3 Å². The number of fused-ring (bicyclic) bond motifs is 1. The Balaban J connectivity index is 1.68. The van der Waals surface area contributed by atoms with Crippen molar-refractivity contribution in [2.24, 2.45) is 5.10 Å². The fourth-order valence-electron chi connectivity index (χ4n) is 2.83. The van der Waals surface area contributed by atoms with Crippen LogP contribution in [0.5, 0.6) is 23.0 Å². The van der Waals surface area contributed by atoms with Gasteiger partial charge in [-0.3, -0.25) is 4.79 Å². The molecule has 0 aliphatic carbocycles. The normalized spacial score (nSPS) is 16.2. The summed E-state index contributed by atoms with van der Waals surface area (Å²) < 4.78 is 11.4. The molecule has 1 amide bonds. The fourth-order valence-corrected chi connectivity index (χ4v) is 2.83. The Morgan fingerprint density at radius 3 is 2.64 bits per heavy atom. The Kier molecular flexibility index (Phi) is 5.18. The fraction of sp³-hybridized carbons (Fsp3) is 0.333. The number of rotatable bonds is 3. The van der Waals surface area contributed by atoms with Crippen LogP contribution >= 0.6 is 0 Å². The molecular weight excluding hydrogens is 360 g/mol. The second kappa shape index (κ2) is 7.42. The summed E-state index contributed by atoms with van der Waals surface area (Å²) in [5, 5.41) is 23.2. The molecule has 0 radical (unpaired) electrons. The zero-order chi connectivity index (χ0) is 20.5. The second-order valence-electron chi connectivity index (χ2n) is 7.76. The highest BCUT2D eigenvalue weighted by Crippen LogP contribution is 2.36. The first-order valence-corrected chi connectivity index (χ1v) is 8.94. The van der Waals surface area contributed by atoms with E-state index in [0.717, 1.165) is 5.56 Å². The van der Waals surface area contributed by atoms with Crippen molar-refractivity contribution in [3.63, 3.8) is 0 Å². The van der Waals surface area contributed by atoms with Crippen LogP contribution in [0.3, 0.4) is 0 Å². The van der Waals surface area contributed by atoms with Crippen molar-refractivity contribution in [1.82, 2.24) is 5.43 Å². The predicted octanol–water partition coefficient (Wildman–Crippen LogP) is 2.99. The zero-order valence-electron chi connectivity index (χ0n) is 16.3. The molecule has 0 saturated carbocycles. The van der Waals surface area contributed by atoms with Gasteiger partial charge in [0.1, 0.15) is 18.1 Å². The quantitative estimate of drug-likeness (QED) is 0.558. The smallest absolute Gasteiger partial charge is 0.284 e. The van der Waals surface area contributed by atoms with Gasteiger partial charge in [0.2, 0.25) is 6.10 Å². The van der Waals surface area contributed by atoms with Crippen LogP contribution in [0.15, 0.2) is 35.4 Å². The Morgan fingerprint density at radius 2 is 1.96 bits per heavy atom. The molecular formula is C21H24N2O5. The topological polar surface area (TPSA) is 100 Å². The number of hydrazone groups is 1. The summed E-state index contributed by atoms with van der Waals surface area (Å²) in [6, 6.07) is 8.41. The molecule has 0 bridgehead atoms. The van der Waals surface area contributed by atoms with E-state index in [9.17, 15) is 15.0 Å². The second-order valence-corrected chi connectivity index (χ2v) is 7.76. The van der Waals surface area contributed by atoms with E-state index in [1.54, 1.807) is 6.92 Å². The Morgan fingerprint density at radius 1 is 1.21 bits per heavy atom. The monoisotopic (exact) mass is 384 g/mol. The minimum absolute atomic E-state index is 0.0442. The molecule has 3 N–H and O–H groups in total. The number of benzene rings is 2. The van der Waals surface area contributed by atoms with Gasteiger partial charge in [-0.2, -0.15) is 5.10 Å². The molecule has 148 valence electrons. The van der Waals surface area contributed by atoms with E-state index in [-0.39, 0.29) is 23.5 Å². The molecule has 1 aliphatic rings. The average Bonchev–Trinajstić information content (AvgIpc) is 2.62. The van der Waals surface area contributed by atoms with E-state index in [1.807, 2.05) is 18.2 Å². The van der Waals surface area contributed by atoms with Crippen LogP contribution in [0.25, 0.3) is 0 Å². The number of carbonyl (C=O) groups excluding carboxylic acids is 1. The number of amides is 1. The molecule has 28 heavy (non-hydrogen) atoms. The molecule has 0 fully saturated rings. The van der Waals surface area contributed by atoms with Crippen LogP contribution < -0.4 is 14.9 Å². The van der Waals surface area contributed by atoms with E-state index >= 15 is 0 Å². The molecule has 0 unspecified atom stereocenters. The van der Waals surface area contributed by atoms with Crippen molar-refractivity contribution in [1.29, 1.82) is 0 Å². The SMILES string of the molecule is Cc1cc(O)cc(O)c1/C=N/NC(=O)[C@@H]1COc2ccc(C(C)(C)C)cc2O1. The summed E-state index contributed by atoms with van der Waals surface area (Å²) in [6.07, 6.45) is 0.478. The maximum absolute atomic E-state index is 12.4. The maximum atomic E-state index is 12.4. The van der Waals surface area contributed by atoms with Gasteiger partial charge in [-0.1, -0.05) is 26.8 Å². The van der Waals surface area contributed by atoms with Crippen molar-refractivity contribution >= 4 is 12.1 Å². The van der Waals surface area contributed by atoms with Gasteiger partial charge in [0.25, 0.3) is 5.91 Å². The number of hydrogen-bond donors (Lipinski definition) is 3. The summed E-state index contributed by atoms with van der Waals surface area (Å²) in [4.78, 5) is 12.4. The summed E-state index contributed by atoms with van der Waals surface area (Å²) in [7, 11) is 0. The number of aryl methyl sites for hydroxylation is 1. The molecule has 7 heteroatoms. The molecule has 7 nitrogen and oxygen atoms in total. The molecule has 2 aromatic rings. The highest BCUT2D eigenvalue weighted by atomic mass is 16.6. The van der Waals surface area contributed by atoms with Crippen LogP contribution in [0, 0.1) is 6.92 Å². The van der Waals surface area contributed by atoms with E-state index in [0.29, 0.717) is 22.6 Å². The first-order chi connectivity index (χ1) is 13.1. The predicted molar refractivity (Wildman–Crippen MR) is 105 cm³/mol. The Hall–Kier alpha value is -3.22. The highest BCUT2D eigenvalue weighted by Gasteiger charge is 2.28. The minimum Gasteiger partial charge on any atom is -0.508 e. The van der Waals surface area contributed by atoms with E-state index in [4.69, 9.17) is 9.47 Å². The van der Waals surface area contributed by atoms with Gasteiger partial charge in [0.05, 0.1) is 6.21 Å². The number of phenolic OH excluding ortho intramolecular Hbond substituents is 2. The molecule has 1 atom stereocenters. The summed E-state index contributed by atoms with van der Waals surface area (Å²) >= 11 is 0. The molecule has 0 saturated heterocycles. The number of nitrogens with one attached hydrogen (secondary N) is 1. The van der Waals surface area contributed by atoms with Crippen molar-refractivity contribution in [2.45, 2.75) is 39.2 Å². The molecule has 0 aromatic heterocycles. The van der Waals surface area contributed by atoms with Gasteiger partial charge in [0, 0.05) is 11.6 Å². The van der Waals surface area contributed by atoms with Crippen molar-refractivity contribution in [3.8, 4) is 23.0 Å². The molecule has 2 aromatic carbocycles. The van der Waals surface area contributed by atoms with Gasteiger partial charge < -0.3 is 19.7 Å². The molecule has 1 heterocycles. The van der Waals surface area contributed by atoms with Gasteiger partial charge in [-0.05, 0) is 41.7 Å². The lowest BCUT2D eigenvalue weighted by Crippen LogP contribution is -2.42. The van der Waals surface area contributed by atoms with Crippen LogP contribution in [0.4, 0.5) is 0 Å². The standard InChI is InChI=1S/C21H24N2O5/c1-12-7-14(24)9-16(25)15(12)10-22-23-20(26)19-11-27-17-6-5-13(21(2,3)4)8-18(17)28-19/h5-10,19,24-25H,11H2,1-4H3,(H,23,26)/b22-10+/t19-/m0/s1. The average molecular weight is 384 g/mol. The number of aromatic hydroxyl groups is 2. The van der Waals surface area contributed by atoms with Gasteiger partial charge in [-0.15, -0.1) is 0 Å². The Bertz CT molecular complexity index is 908. The first kappa shape index (κ1) is 19.5. The van der Waals surface area contributed by atoms with Crippen LogP contribution in [0.1, 0.15) is 37.5 Å². The van der Waals surface area contributed by atoms with Gasteiger partial charge in [0.15, 0.2) is 11.5 Å². The number of phenols is 2. The third-order valence-corrected chi connectivity index (χ3v) is 4.48. The van der Waals surface area contributed by atoms with Crippen LogP contribution in [-0.4, -0.2) is 35.0 Å². The molecule has 0 spiro atoms. The largest absolute Gasteiger partial charge is 0.508 e. The third kappa shape index (κ3) is 4.19. The number of nitrogens with zero attached hydrogens (tertiary/aromatic N) is 1.